The second-order valence-corrected chi connectivity index (χ2v) is 9.35. The molecule has 0 spiro atoms. The minimum Gasteiger partial charge on any atom is -0.480 e. The molecule has 0 atom stereocenters. The van der Waals surface area contributed by atoms with E-state index in [1.54, 1.807) is 7.05 Å². The molecule has 0 fully saturated rings. The fourth-order valence-electron chi connectivity index (χ4n) is 4.99. The summed E-state index contributed by atoms with van der Waals surface area (Å²) >= 11 is 0. The van der Waals surface area contributed by atoms with Gasteiger partial charge in [0.15, 0.2) is 0 Å². The molecule has 39 heavy (non-hydrogen) atoms. The van der Waals surface area contributed by atoms with Gasteiger partial charge in [0.1, 0.15) is 13.2 Å². The lowest BCUT2D eigenvalue weighted by molar-refractivity contribution is -0.137. The topological polar surface area (TPSA) is 114 Å². The van der Waals surface area contributed by atoms with Crippen LogP contribution in [0.1, 0.15) is 38.7 Å². The Kier molecular flexibility index (Phi) is 7.40. The Hall–Kier alpha value is -4.92. The van der Waals surface area contributed by atoms with Crippen molar-refractivity contribution in [1.82, 2.24) is 20.0 Å². The average Bonchev–Trinajstić information content (AvgIpc) is 3.47. The maximum absolute atomic E-state index is 13.4. The smallest absolute Gasteiger partial charge is 0.407 e. The highest BCUT2D eigenvalue weighted by atomic mass is 16.5. The fourth-order valence-corrected chi connectivity index (χ4v) is 4.99. The highest BCUT2D eigenvalue weighted by molar-refractivity contribution is 5.96. The molecule has 3 aromatic carbocycles. The molecular weight excluding hydrogens is 496 g/mol. The summed E-state index contributed by atoms with van der Waals surface area (Å²) in [6, 6.07) is 25.3. The molecule has 2 amide bonds. The van der Waals surface area contributed by atoms with Gasteiger partial charge in [-0.3, -0.25) is 14.3 Å². The Morgan fingerprint density at radius 3 is 2.21 bits per heavy atom. The number of nitrogens with zero attached hydrogens (tertiary/aromatic N) is 3. The van der Waals surface area contributed by atoms with Gasteiger partial charge < -0.3 is 20.1 Å². The molecule has 0 bridgehead atoms. The molecule has 0 aliphatic heterocycles. The number of ether oxygens (including phenoxy) is 1. The highest BCUT2D eigenvalue weighted by Gasteiger charge is 2.29. The first-order valence-electron chi connectivity index (χ1n) is 12.6. The van der Waals surface area contributed by atoms with Crippen molar-refractivity contribution >= 4 is 18.0 Å². The van der Waals surface area contributed by atoms with Gasteiger partial charge in [0.2, 0.25) is 0 Å². The van der Waals surface area contributed by atoms with E-state index in [4.69, 9.17) is 4.74 Å². The molecule has 1 heterocycles. The van der Waals surface area contributed by atoms with Crippen molar-refractivity contribution in [3.8, 4) is 11.1 Å². The van der Waals surface area contributed by atoms with Crippen LogP contribution in [0.15, 0.2) is 85.1 Å². The Morgan fingerprint density at radius 1 is 0.949 bits per heavy atom. The molecule has 1 aliphatic carbocycles. The minimum atomic E-state index is -1.12. The zero-order chi connectivity index (χ0) is 27.4. The van der Waals surface area contributed by atoms with Crippen molar-refractivity contribution in [3.63, 3.8) is 0 Å². The maximum atomic E-state index is 13.4. The van der Waals surface area contributed by atoms with Gasteiger partial charge >= 0.3 is 12.1 Å². The number of amides is 2. The van der Waals surface area contributed by atoms with Crippen LogP contribution in [0.3, 0.4) is 0 Å². The lowest BCUT2D eigenvalue weighted by atomic mass is 9.98. The first-order valence-corrected chi connectivity index (χ1v) is 12.6. The van der Waals surface area contributed by atoms with E-state index >= 15 is 0 Å². The summed E-state index contributed by atoms with van der Waals surface area (Å²) in [7, 11) is 1.66. The number of hydrogen-bond acceptors (Lipinski definition) is 5. The Labute approximate surface area is 225 Å². The largest absolute Gasteiger partial charge is 0.480 e. The van der Waals surface area contributed by atoms with E-state index in [1.165, 1.54) is 15.8 Å². The van der Waals surface area contributed by atoms with Crippen molar-refractivity contribution in [2.45, 2.75) is 19.0 Å². The number of aliphatic carboxylic acids is 1. The molecule has 9 nitrogen and oxygen atoms in total. The Morgan fingerprint density at radius 2 is 1.56 bits per heavy atom. The van der Waals surface area contributed by atoms with Gasteiger partial charge in [0.25, 0.3) is 5.91 Å². The molecule has 198 valence electrons. The number of carbonyl (C=O) groups excluding carboxylic acids is 2. The highest BCUT2D eigenvalue weighted by Crippen LogP contribution is 2.44. The third-order valence-electron chi connectivity index (χ3n) is 6.87. The zero-order valence-electron chi connectivity index (χ0n) is 21.4. The van der Waals surface area contributed by atoms with Crippen LogP contribution in [-0.2, 0) is 29.7 Å². The monoisotopic (exact) mass is 524 g/mol. The number of carboxylic acids is 1. The van der Waals surface area contributed by atoms with E-state index in [-0.39, 0.29) is 31.2 Å². The van der Waals surface area contributed by atoms with Crippen LogP contribution >= 0.6 is 0 Å². The number of hydrogen-bond donors (Lipinski definition) is 2. The van der Waals surface area contributed by atoms with E-state index in [1.807, 2.05) is 66.7 Å². The van der Waals surface area contributed by atoms with Crippen LogP contribution < -0.4 is 5.32 Å². The van der Waals surface area contributed by atoms with Gasteiger partial charge in [0, 0.05) is 19.5 Å². The molecule has 9 heteroatoms. The molecule has 0 unspecified atom stereocenters. The number of nitrogens with one attached hydrogen (secondary N) is 1. The summed E-state index contributed by atoms with van der Waals surface area (Å²) < 4.78 is 7.09. The van der Waals surface area contributed by atoms with Gasteiger partial charge in [-0.25, -0.2) is 4.79 Å². The summed E-state index contributed by atoms with van der Waals surface area (Å²) in [5.41, 5.74) is 5.97. The van der Waals surface area contributed by atoms with Crippen LogP contribution in [0.25, 0.3) is 11.1 Å². The standard InChI is InChI=1S/C30H28N4O5/c1-33-27(25(15-32-33)29(37)34(18-28(35)36)17-20-9-3-2-4-10-20)16-31-30(38)39-19-26-23-13-7-5-11-21(23)22-12-6-8-14-24(22)26/h2-15,26H,16-19H2,1H3,(H,31,38)(H,35,36). The van der Waals surface area contributed by atoms with Crippen LogP contribution in [-0.4, -0.2) is 50.9 Å². The van der Waals surface area contributed by atoms with Crippen LogP contribution in [0, 0.1) is 0 Å². The number of fused-ring (bicyclic) bond motifs is 3. The quantitative estimate of drug-likeness (QED) is 0.340. The number of rotatable bonds is 9. The minimum absolute atomic E-state index is 0.0134. The summed E-state index contributed by atoms with van der Waals surface area (Å²) in [4.78, 5) is 38.8. The number of carbonyl (C=O) groups is 3. The molecule has 0 saturated carbocycles. The lowest BCUT2D eigenvalue weighted by Gasteiger charge is -2.21. The van der Waals surface area contributed by atoms with Gasteiger partial charge in [-0.15, -0.1) is 0 Å². The van der Waals surface area contributed by atoms with Gasteiger partial charge in [-0.2, -0.15) is 5.10 Å². The van der Waals surface area contributed by atoms with Crippen LogP contribution in [0.2, 0.25) is 0 Å². The van der Waals surface area contributed by atoms with Crippen LogP contribution in [0.4, 0.5) is 4.79 Å². The van der Waals surface area contributed by atoms with E-state index in [0.717, 1.165) is 27.8 Å². The number of alkyl carbamates (subject to hydrolysis) is 1. The van der Waals surface area contributed by atoms with Gasteiger partial charge in [0.05, 0.1) is 24.0 Å². The molecule has 1 aromatic heterocycles. The first kappa shape index (κ1) is 25.7. The van der Waals surface area contributed by atoms with Crippen LogP contribution in [0.5, 0.6) is 0 Å². The molecular formula is C30H28N4O5. The van der Waals surface area contributed by atoms with Gasteiger partial charge in [-0.1, -0.05) is 78.9 Å². The maximum Gasteiger partial charge on any atom is 0.407 e. The first-order chi connectivity index (χ1) is 18.9. The van der Waals surface area contributed by atoms with E-state index < -0.39 is 24.5 Å². The normalized spacial score (nSPS) is 11.9. The number of aromatic nitrogens is 2. The Balaban J connectivity index is 1.25. The second kappa shape index (κ2) is 11.2. The average molecular weight is 525 g/mol. The summed E-state index contributed by atoms with van der Waals surface area (Å²) in [5, 5.41) is 16.3. The SMILES string of the molecule is Cn1ncc(C(=O)N(CC(=O)O)Cc2ccccc2)c1CNC(=O)OCC1c2ccccc2-c2ccccc21. The summed E-state index contributed by atoms with van der Waals surface area (Å²) in [5.74, 6) is -1.68. The Bertz CT molecular complexity index is 1470. The fraction of sp³-hybridized carbons (Fsp3) is 0.200. The molecule has 2 N–H and O–H groups in total. The van der Waals surface area contributed by atoms with E-state index in [2.05, 4.69) is 22.5 Å². The predicted molar refractivity (Wildman–Crippen MR) is 144 cm³/mol. The van der Waals surface area contributed by atoms with Crippen molar-refractivity contribution in [2.24, 2.45) is 7.05 Å². The summed E-state index contributed by atoms with van der Waals surface area (Å²) in [6.45, 7) is -0.191. The molecule has 1 aliphatic rings. The van der Waals surface area contributed by atoms with Crippen molar-refractivity contribution in [3.05, 3.63) is 113 Å². The second-order valence-electron chi connectivity index (χ2n) is 9.35. The zero-order valence-corrected chi connectivity index (χ0v) is 21.4. The van der Waals surface area contributed by atoms with Crippen molar-refractivity contribution in [1.29, 1.82) is 0 Å². The van der Waals surface area contributed by atoms with E-state index in [9.17, 15) is 19.5 Å². The van der Waals surface area contributed by atoms with E-state index in [0.29, 0.717) is 5.69 Å². The van der Waals surface area contributed by atoms with Crippen molar-refractivity contribution in [2.75, 3.05) is 13.2 Å². The predicted octanol–water partition coefficient (Wildman–Crippen LogP) is 4.19. The lowest BCUT2D eigenvalue weighted by Crippen LogP contribution is -2.36. The third kappa shape index (κ3) is 5.52. The molecule has 0 radical (unpaired) electrons. The molecule has 4 aromatic rings. The molecule has 5 rings (SSSR count). The van der Waals surface area contributed by atoms with Crippen molar-refractivity contribution < 1.29 is 24.2 Å². The third-order valence-corrected chi connectivity index (χ3v) is 6.87. The number of carboxylic acid groups (broad SMARTS) is 1. The number of aryl methyl sites for hydroxylation is 1. The molecule has 0 saturated heterocycles. The number of benzene rings is 3. The van der Waals surface area contributed by atoms with Gasteiger partial charge in [-0.05, 0) is 27.8 Å². The summed E-state index contributed by atoms with van der Waals surface area (Å²) in [6.07, 6.45) is 0.764.